The molecule has 11 nitrogen and oxygen atoms in total. The molecule has 1 aliphatic rings. The molecule has 0 aliphatic carbocycles. The van der Waals surface area contributed by atoms with Gasteiger partial charge in [0, 0.05) is 12.7 Å². The number of rotatable bonds is 13. The number of nitrogens with one attached hydrogen (secondary N) is 2. The van der Waals surface area contributed by atoms with Crippen LogP contribution in [0, 0.1) is 5.92 Å². The van der Waals surface area contributed by atoms with Gasteiger partial charge in [0.1, 0.15) is 12.6 Å². The van der Waals surface area contributed by atoms with Gasteiger partial charge in [-0.2, -0.15) is 4.31 Å². The lowest BCUT2D eigenvalue weighted by Gasteiger charge is -2.23. The Labute approximate surface area is 264 Å². The molecule has 1 aromatic heterocycles. The van der Waals surface area contributed by atoms with E-state index in [4.69, 9.17) is 9.47 Å². The Hall–Kier alpha value is -4.29. The minimum Gasteiger partial charge on any atom is -0.493 e. The van der Waals surface area contributed by atoms with E-state index < -0.39 is 33.8 Å². The number of carbonyl (C=O) groups excluding carboxylic acids is 3. The zero-order valence-electron chi connectivity index (χ0n) is 25.8. The van der Waals surface area contributed by atoms with Crippen LogP contribution in [0.1, 0.15) is 44.2 Å². The van der Waals surface area contributed by atoms with E-state index in [1.807, 2.05) is 44.2 Å². The maximum absolute atomic E-state index is 13.4. The van der Waals surface area contributed by atoms with E-state index in [-0.39, 0.29) is 42.8 Å². The van der Waals surface area contributed by atoms with Crippen molar-refractivity contribution in [2.45, 2.75) is 63.2 Å². The highest BCUT2D eigenvalue weighted by atomic mass is 32.2. The van der Waals surface area contributed by atoms with Crippen LogP contribution in [0.5, 0.6) is 11.5 Å². The average molecular weight is 637 g/mol. The van der Waals surface area contributed by atoms with Crippen molar-refractivity contribution < 1.29 is 32.3 Å². The molecule has 1 unspecified atom stereocenters. The van der Waals surface area contributed by atoms with Gasteiger partial charge in [0.15, 0.2) is 22.3 Å². The van der Waals surface area contributed by atoms with Crippen molar-refractivity contribution in [1.82, 2.24) is 19.9 Å². The number of methoxy groups -OCH3 is 1. The summed E-state index contributed by atoms with van der Waals surface area (Å²) in [7, 11) is -2.41. The molecule has 12 heteroatoms. The number of carbonyl (C=O) groups is 3. The predicted molar refractivity (Wildman–Crippen MR) is 168 cm³/mol. The molecule has 0 radical (unpaired) electrons. The third-order valence-corrected chi connectivity index (χ3v) is 9.13. The Kier molecular flexibility index (Phi) is 11.7. The summed E-state index contributed by atoms with van der Waals surface area (Å²) in [4.78, 5) is 43.6. The van der Waals surface area contributed by atoms with Crippen LogP contribution in [0.15, 0.2) is 78.0 Å². The van der Waals surface area contributed by atoms with Crippen LogP contribution in [0.2, 0.25) is 0 Å². The zero-order chi connectivity index (χ0) is 32.4. The summed E-state index contributed by atoms with van der Waals surface area (Å²) in [6, 6.07) is 17.7. The molecule has 0 saturated carbocycles. The summed E-state index contributed by atoms with van der Waals surface area (Å²) < 4.78 is 38.6. The SMILES string of the molecule is COc1ccc(CC(=O)N[C@@H](CC(C)C)C(=O)NC2CCCN(S(=O)(=O)c3ccccn3)CC2=O)cc1OCc1ccccc1. The van der Waals surface area contributed by atoms with Crippen molar-refractivity contribution in [3.05, 3.63) is 84.1 Å². The Bertz CT molecular complexity index is 1570. The fourth-order valence-corrected chi connectivity index (χ4v) is 6.45. The van der Waals surface area contributed by atoms with E-state index >= 15 is 0 Å². The molecule has 2 aromatic carbocycles. The summed E-state index contributed by atoms with van der Waals surface area (Å²) in [6.07, 6.45) is 2.38. The molecule has 3 aromatic rings. The van der Waals surface area contributed by atoms with Crippen LogP contribution in [-0.4, -0.2) is 67.6 Å². The fourth-order valence-electron chi connectivity index (χ4n) is 5.07. The number of sulfonamides is 1. The number of amides is 2. The van der Waals surface area contributed by atoms with Crippen LogP contribution >= 0.6 is 0 Å². The van der Waals surface area contributed by atoms with E-state index in [0.717, 1.165) is 9.87 Å². The Morgan fingerprint density at radius 2 is 1.78 bits per heavy atom. The van der Waals surface area contributed by atoms with Crippen molar-refractivity contribution in [2.75, 3.05) is 20.2 Å². The molecular formula is C33H40N4O7S. The predicted octanol–water partition coefficient (Wildman–Crippen LogP) is 3.28. The lowest BCUT2D eigenvalue weighted by molar-refractivity contribution is -0.131. The van der Waals surface area contributed by atoms with Gasteiger partial charge in [0.2, 0.25) is 11.8 Å². The quantitative estimate of drug-likeness (QED) is 0.291. The average Bonchev–Trinajstić information content (AvgIpc) is 3.21. The molecule has 0 spiro atoms. The summed E-state index contributed by atoms with van der Waals surface area (Å²) in [5.41, 5.74) is 1.66. The fraction of sp³-hybridized carbons (Fsp3) is 0.394. The molecule has 45 heavy (non-hydrogen) atoms. The van der Waals surface area contributed by atoms with Gasteiger partial charge in [0.05, 0.1) is 26.1 Å². The van der Waals surface area contributed by atoms with Gasteiger partial charge in [-0.15, -0.1) is 0 Å². The second-order valence-corrected chi connectivity index (χ2v) is 13.2. The van der Waals surface area contributed by atoms with E-state index in [1.54, 1.807) is 37.4 Å². The van der Waals surface area contributed by atoms with Crippen molar-refractivity contribution in [3.63, 3.8) is 0 Å². The summed E-state index contributed by atoms with van der Waals surface area (Å²) in [5.74, 6) is -0.173. The van der Waals surface area contributed by atoms with Crippen LogP contribution in [0.4, 0.5) is 0 Å². The van der Waals surface area contributed by atoms with E-state index in [2.05, 4.69) is 15.6 Å². The van der Waals surface area contributed by atoms with Gasteiger partial charge in [-0.05, 0) is 60.6 Å². The largest absolute Gasteiger partial charge is 0.493 e. The molecular weight excluding hydrogens is 596 g/mol. The molecule has 2 N–H and O–H groups in total. The van der Waals surface area contributed by atoms with Crippen LogP contribution in [0.3, 0.4) is 0 Å². The van der Waals surface area contributed by atoms with Gasteiger partial charge in [-0.25, -0.2) is 13.4 Å². The van der Waals surface area contributed by atoms with Crippen molar-refractivity contribution in [3.8, 4) is 11.5 Å². The number of ether oxygens (including phenoxy) is 2. The third-order valence-electron chi connectivity index (χ3n) is 7.37. The topological polar surface area (TPSA) is 144 Å². The lowest BCUT2D eigenvalue weighted by Crippen LogP contribution is -2.53. The summed E-state index contributed by atoms with van der Waals surface area (Å²) >= 11 is 0. The molecule has 2 atom stereocenters. The first-order valence-electron chi connectivity index (χ1n) is 14.9. The van der Waals surface area contributed by atoms with E-state index in [0.29, 0.717) is 36.5 Å². The second kappa shape index (κ2) is 15.6. The number of Topliss-reactive ketones (excluding diaryl/α,β-unsaturated/α-hetero) is 1. The number of aromatic nitrogens is 1. The van der Waals surface area contributed by atoms with Crippen LogP contribution in [-0.2, 0) is 37.4 Å². The van der Waals surface area contributed by atoms with Gasteiger partial charge < -0.3 is 20.1 Å². The molecule has 1 saturated heterocycles. The number of hydrogen-bond donors (Lipinski definition) is 2. The Morgan fingerprint density at radius 3 is 2.47 bits per heavy atom. The van der Waals surface area contributed by atoms with E-state index in [9.17, 15) is 22.8 Å². The standard InChI is InChI=1S/C33H40N4O7S/c1-23(2)18-27(33(40)36-26-12-9-17-37(21-28(26)38)45(41,42)32-13-7-8-16-34-32)35-31(39)20-25-14-15-29(43-3)30(19-25)44-22-24-10-5-4-6-11-24/h4-8,10-11,13-16,19,23,26-27H,9,12,17-18,20-22H2,1-3H3,(H,35,39)(H,36,40)/t26?,27-/m0/s1. The number of hydrogen-bond acceptors (Lipinski definition) is 8. The molecule has 1 fully saturated rings. The summed E-state index contributed by atoms with van der Waals surface area (Å²) in [6.45, 7) is 3.95. The molecule has 240 valence electrons. The minimum absolute atomic E-state index is 0.00370. The minimum atomic E-state index is -3.96. The van der Waals surface area contributed by atoms with Crippen molar-refractivity contribution >= 4 is 27.6 Å². The third kappa shape index (κ3) is 9.35. The number of ketones is 1. The van der Waals surface area contributed by atoms with Gasteiger partial charge in [0.25, 0.3) is 10.0 Å². The van der Waals surface area contributed by atoms with Crippen LogP contribution in [0.25, 0.3) is 0 Å². The zero-order valence-corrected chi connectivity index (χ0v) is 26.6. The highest BCUT2D eigenvalue weighted by Crippen LogP contribution is 2.29. The maximum Gasteiger partial charge on any atom is 0.260 e. The molecule has 4 rings (SSSR count). The molecule has 1 aliphatic heterocycles. The first kappa shape index (κ1) is 33.6. The van der Waals surface area contributed by atoms with Gasteiger partial charge in [-0.3, -0.25) is 14.4 Å². The lowest BCUT2D eigenvalue weighted by atomic mass is 10.0. The maximum atomic E-state index is 13.4. The number of pyridine rings is 1. The van der Waals surface area contributed by atoms with Gasteiger partial charge >= 0.3 is 0 Å². The van der Waals surface area contributed by atoms with E-state index in [1.165, 1.54) is 12.3 Å². The molecule has 0 bridgehead atoms. The van der Waals surface area contributed by atoms with Gasteiger partial charge in [-0.1, -0.05) is 56.3 Å². The van der Waals surface area contributed by atoms with Crippen molar-refractivity contribution in [2.24, 2.45) is 5.92 Å². The number of nitrogens with zero attached hydrogens (tertiary/aromatic N) is 2. The molecule has 2 amide bonds. The van der Waals surface area contributed by atoms with Crippen LogP contribution < -0.4 is 20.1 Å². The summed E-state index contributed by atoms with van der Waals surface area (Å²) in [5, 5.41) is 5.47. The Balaban J connectivity index is 1.38. The first-order chi connectivity index (χ1) is 21.6. The smallest absolute Gasteiger partial charge is 0.260 e. The highest BCUT2D eigenvalue weighted by Gasteiger charge is 2.34. The first-order valence-corrected chi connectivity index (χ1v) is 16.4. The second-order valence-electron chi connectivity index (χ2n) is 11.4. The van der Waals surface area contributed by atoms with Crippen molar-refractivity contribution in [1.29, 1.82) is 0 Å². The highest BCUT2D eigenvalue weighted by molar-refractivity contribution is 7.89. The monoisotopic (exact) mass is 636 g/mol. The normalized spacial score (nSPS) is 16.4. The molecule has 2 heterocycles. The Morgan fingerprint density at radius 1 is 1.02 bits per heavy atom. The number of benzene rings is 2.